The van der Waals surface area contributed by atoms with Crippen LogP contribution in [-0.4, -0.2) is 27.2 Å². The van der Waals surface area contributed by atoms with E-state index in [1.807, 2.05) is 53.8 Å². The van der Waals surface area contributed by atoms with E-state index in [0.29, 0.717) is 17.3 Å². The summed E-state index contributed by atoms with van der Waals surface area (Å²) in [4.78, 5) is 19.4. The van der Waals surface area contributed by atoms with Crippen molar-refractivity contribution in [3.63, 3.8) is 0 Å². The number of carbonyl (C=O) groups is 1. The molecule has 1 aliphatic heterocycles. The lowest BCUT2D eigenvalue weighted by molar-refractivity contribution is 0.0954. The van der Waals surface area contributed by atoms with E-state index in [0.717, 1.165) is 28.1 Å². The highest BCUT2D eigenvalue weighted by atomic mass is 35.5. The zero-order valence-corrected chi connectivity index (χ0v) is 15.7. The summed E-state index contributed by atoms with van der Waals surface area (Å²) in [6.45, 7) is 6.55. The highest BCUT2D eigenvalue weighted by Crippen LogP contribution is 2.34. The van der Waals surface area contributed by atoms with Gasteiger partial charge in [-0.15, -0.1) is 0 Å². The van der Waals surface area contributed by atoms with Gasteiger partial charge in [-0.05, 0) is 62.2 Å². The van der Waals surface area contributed by atoms with Gasteiger partial charge in [0.1, 0.15) is 5.69 Å². The lowest BCUT2D eigenvalue weighted by Gasteiger charge is -2.33. The predicted octanol–water partition coefficient (Wildman–Crippen LogP) is 4.44. The van der Waals surface area contributed by atoms with Gasteiger partial charge in [0.25, 0.3) is 5.91 Å². The number of benzene rings is 1. The molecule has 0 N–H and O–H groups in total. The van der Waals surface area contributed by atoms with Crippen molar-refractivity contribution in [1.29, 1.82) is 0 Å². The van der Waals surface area contributed by atoms with Crippen molar-refractivity contribution in [3.8, 4) is 11.1 Å². The standard InChI is InChI=1S/C20H19ClN4O/c1-12-8-16(21)4-5-18(12)24-11-14(3)25-19(20(24)26)17(10-23-25)15-6-7-22-13(2)9-15/h4-10,14H,11H2,1-3H3/t14-/m0/s1. The predicted molar refractivity (Wildman–Crippen MR) is 103 cm³/mol. The number of anilines is 1. The molecule has 0 saturated heterocycles. The van der Waals surface area contributed by atoms with Crippen LogP contribution >= 0.6 is 11.6 Å². The zero-order chi connectivity index (χ0) is 18.4. The average Bonchev–Trinajstić information content (AvgIpc) is 3.04. The number of carbonyl (C=O) groups excluding carboxylic acids is 1. The second kappa shape index (κ2) is 6.25. The van der Waals surface area contributed by atoms with Gasteiger partial charge in [0.2, 0.25) is 0 Å². The molecule has 2 aromatic heterocycles. The van der Waals surface area contributed by atoms with Gasteiger partial charge in [0.05, 0.1) is 12.2 Å². The molecule has 0 bridgehead atoms. The third-order valence-corrected chi connectivity index (χ3v) is 5.00. The summed E-state index contributed by atoms with van der Waals surface area (Å²) in [6.07, 6.45) is 3.53. The molecule has 5 nitrogen and oxygen atoms in total. The van der Waals surface area contributed by atoms with Gasteiger partial charge in [-0.1, -0.05) is 11.6 Å². The summed E-state index contributed by atoms with van der Waals surface area (Å²) >= 11 is 6.08. The number of rotatable bonds is 2. The van der Waals surface area contributed by atoms with Crippen molar-refractivity contribution >= 4 is 23.2 Å². The van der Waals surface area contributed by atoms with Gasteiger partial charge in [-0.2, -0.15) is 5.10 Å². The van der Waals surface area contributed by atoms with Crippen molar-refractivity contribution in [2.45, 2.75) is 26.8 Å². The number of aryl methyl sites for hydroxylation is 2. The molecule has 0 saturated carbocycles. The fourth-order valence-corrected chi connectivity index (χ4v) is 3.74. The van der Waals surface area contributed by atoms with E-state index in [1.165, 1.54) is 0 Å². The first-order chi connectivity index (χ1) is 12.5. The molecule has 132 valence electrons. The van der Waals surface area contributed by atoms with Gasteiger partial charge < -0.3 is 4.90 Å². The van der Waals surface area contributed by atoms with Crippen molar-refractivity contribution < 1.29 is 4.79 Å². The van der Waals surface area contributed by atoms with Crippen LogP contribution in [0.5, 0.6) is 0 Å². The number of hydrogen-bond donors (Lipinski definition) is 0. The Kier molecular flexibility index (Phi) is 4.04. The lowest BCUT2D eigenvalue weighted by Crippen LogP contribution is -2.43. The van der Waals surface area contributed by atoms with Crippen molar-refractivity contribution in [2.75, 3.05) is 11.4 Å². The number of amides is 1. The Labute approximate surface area is 157 Å². The Balaban J connectivity index is 1.83. The minimum atomic E-state index is -0.0458. The van der Waals surface area contributed by atoms with Crippen LogP contribution in [0.4, 0.5) is 5.69 Å². The van der Waals surface area contributed by atoms with Gasteiger partial charge in [0.15, 0.2) is 0 Å². The second-order valence-electron chi connectivity index (χ2n) is 6.73. The summed E-state index contributed by atoms with van der Waals surface area (Å²) in [5, 5.41) is 5.15. The Morgan fingerprint density at radius 2 is 2.00 bits per heavy atom. The molecule has 4 rings (SSSR count). The molecular formula is C20H19ClN4O. The number of hydrogen-bond acceptors (Lipinski definition) is 3. The summed E-state index contributed by atoms with van der Waals surface area (Å²) < 4.78 is 1.83. The molecular weight excluding hydrogens is 348 g/mol. The monoisotopic (exact) mass is 366 g/mol. The van der Waals surface area contributed by atoms with E-state index in [2.05, 4.69) is 17.0 Å². The van der Waals surface area contributed by atoms with Crippen LogP contribution < -0.4 is 4.90 Å². The van der Waals surface area contributed by atoms with Crippen LogP contribution in [-0.2, 0) is 0 Å². The number of nitrogens with zero attached hydrogens (tertiary/aromatic N) is 4. The Morgan fingerprint density at radius 3 is 2.73 bits per heavy atom. The van der Waals surface area contributed by atoms with Crippen LogP contribution in [0.15, 0.2) is 42.7 Å². The maximum Gasteiger partial charge on any atom is 0.277 e. The average molecular weight is 367 g/mol. The summed E-state index contributed by atoms with van der Waals surface area (Å²) in [5.41, 5.74) is 5.17. The van der Waals surface area contributed by atoms with Crippen LogP contribution in [0.2, 0.25) is 5.02 Å². The fraction of sp³-hybridized carbons (Fsp3) is 0.250. The minimum Gasteiger partial charge on any atom is -0.305 e. The van der Waals surface area contributed by atoms with E-state index >= 15 is 0 Å². The second-order valence-corrected chi connectivity index (χ2v) is 7.17. The molecule has 1 aromatic carbocycles. The van der Waals surface area contributed by atoms with E-state index in [1.54, 1.807) is 12.4 Å². The third kappa shape index (κ3) is 2.69. The normalized spacial score (nSPS) is 16.7. The van der Waals surface area contributed by atoms with Gasteiger partial charge in [-0.3, -0.25) is 14.5 Å². The maximum absolute atomic E-state index is 13.4. The molecule has 1 atom stereocenters. The van der Waals surface area contributed by atoms with E-state index in [9.17, 15) is 4.79 Å². The lowest BCUT2D eigenvalue weighted by atomic mass is 10.0. The molecule has 0 spiro atoms. The van der Waals surface area contributed by atoms with Crippen LogP contribution in [0.1, 0.15) is 34.7 Å². The first-order valence-corrected chi connectivity index (χ1v) is 8.92. The first kappa shape index (κ1) is 16.8. The molecule has 0 unspecified atom stereocenters. The van der Waals surface area contributed by atoms with Crippen molar-refractivity contribution in [3.05, 3.63) is 64.7 Å². The van der Waals surface area contributed by atoms with Crippen LogP contribution in [0, 0.1) is 13.8 Å². The molecule has 6 heteroatoms. The number of fused-ring (bicyclic) bond motifs is 1. The number of pyridine rings is 1. The zero-order valence-electron chi connectivity index (χ0n) is 14.9. The smallest absolute Gasteiger partial charge is 0.277 e. The van der Waals surface area contributed by atoms with E-state index in [4.69, 9.17) is 11.6 Å². The molecule has 1 aliphatic rings. The van der Waals surface area contributed by atoms with Gasteiger partial charge in [-0.25, -0.2) is 0 Å². The SMILES string of the molecule is Cc1cc(-c2cnn3c2C(=O)N(c2ccc(Cl)cc2C)C[C@@H]3C)ccn1. The Hall–Kier alpha value is -2.66. The third-order valence-electron chi connectivity index (χ3n) is 4.76. The Bertz CT molecular complexity index is 1010. The largest absolute Gasteiger partial charge is 0.305 e. The first-order valence-electron chi connectivity index (χ1n) is 8.54. The van der Waals surface area contributed by atoms with Crippen LogP contribution in [0.25, 0.3) is 11.1 Å². The van der Waals surface area contributed by atoms with E-state index < -0.39 is 0 Å². The molecule has 26 heavy (non-hydrogen) atoms. The number of aromatic nitrogens is 3. The fourth-order valence-electron chi connectivity index (χ4n) is 3.52. The van der Waals surface area contributed by atoms with Crippen molar-refractivity contribution in [1.82, 2.24) is 14.8 Å². The molecule has 1 amide bonds. The van der Waals surface area contributed by atoms with Crippen LogP contribution in [0.3, 0.4) is 0 Å². The maximum atomic E-state index is 13.4. The highest BCUT2D eigenvalue weighted by Gasteiger charge is 2.34. The van der Waals surface area contributed by atoms with Gasteiger partial charge >= 0.3 is 0 Å². The molecule has 0 fully saturated rings. The van der Waals surface area contributed by atoms with Crippen molar-refractivity contribution in [2.24, 2.45) is 0 Å². The molecule has 0 aliphatic carbocycles. The van der Waals surface area contributed by atoms with E-state index in [-0.39, 0.29) is 11.9 Å². The summed E-state index contributed by atoms with van der Waals surface area (Å²) in [7, 11) is 0. The molecule has 3 aromatic rings. The molecule has 3 heterocycles. The molecule has 0 radical (unpaired) electrons. The summed E-state index contributed by atoms with van der Waals surface area (Å²) in [6, 6.07) is 9.58. The summed E-state index contributed by atoms with van der Waals surface area (Å²) in [5.74, 6) is -0.0458. The minimum absolute atomic E-state index is 0.0458. The topological polar surface area (TPSA) is 51.0 Å². The Morgan fingerprint density at radius 1 is 1.19 bits per heavy atom. The number of halogens is 1. The highest BCUT2D eigenvalue weighted by molar-refractivity contribution is 6.30. The quantitative estimate of drug-likeness (QED) is 0.673. The van der Waals surface area contributed by atoms with Gasteiger partial charge in [0, 0.05) is 34.7 Å².